The first-order valence-electron chi connectivity index (χ1n) is 7.15. The van der Waals surface area contributed by atoms with E-state index in [1.807, 2.05) is 0 Å². The summed E-state index contributed by atoms with van der Waals surface area (Å²) in [5.41, 5.74) is 0.972. The van der Waals surface area contributed by atoms with Gasteiger partial charge in [-0.1, -0.05) is 13.0 Å². The van der Waals surface area contributed by atoms with E-state index in [1.165, 1.54) is 6.07 Å². The third-order valence-electron chi connectivity index (χ3n) is 4.15. The lowest BCUT2D eigenvalue weighted by atomic mass is 9.81. The van der Waals surface area contributed by atoms with Gasteiger partial charge in [0, 0.05) is 23.7 Å². The van der Waals surface area contributed by atoms with Gasteiger partial charge in [-0.15, -0.1) is 12.4 Å². The molecule has 1 aromatic carbocycles. The van der Waals surface area contributed by atoms with Crippen LogP contribution in [0.1, 0.15) is 35.7 Å². The van der Waals surface area contributed by atoms with Crippen LogP contribution >= 0.6 is 12.4 Å². The number of hydrogen-bond donors (Lipinski definition) is 2. The Morgan fingerprint density at radius 1 is 1.41 bits per heavy atom. The Labute approximate surface area is 136 Å². The molecule has 2 rings (SSSR count). The van der Waals surface area contributed by atoms with Crippen molar-refractivity contribution in [3.8, 4) is 0 Å². The number of carbonyl (C=O) groups excluding carboxylic acids is 1. The van der Waals surface area contributed by atoms with E-state index >= 15 is 0 Å². The molecule has 0 aromatic heterocycles. The number of halogens is 1. The van der Waals surface area contributed by atoms with Crippen molar-refractivity contribution in [2.45, 2.75) is 26.7 Å². The highest BCUT2D eigenvalue weighted by molar-refractivity contribution is 5.95. The Morgan fingerprint density at radius 3 is 2.64 bits per heavy atom. The van der Waals surface area contributed by atoms with E-state index in [-0.39, 0.29) is 29.4 Å². The van der Waals surface area contributed by atoms with E-state index in [0.29, 0.717) is 17.7 Å². The second-order valence-corrected chi connectivity index (χ2v) is 6.00. The normalized spacial score (nSPS) is 16.5. The Kier molecular flexibility index (Phi) is 6.32. The number of piperidine rings is 1. The van der Waals surface area contributed by atoms with E-state index in [4.69, 9.17) is 0 Å². The quantitative estimate of drug-likeness (QED) is 0.657. The van der Waals surface area contributed by atoms with E-state index in [9.17, 15) is 14.9 Å². The van der Waals surface area contributed by atoms with Crippen molar-refractivity contribution < 1.29 is 9.72 Å². The molecule has 1 fully saturated rings. The maximum Gasteiger partial charge on any atom is 0.273 e. The molecule has 0 saturated carbocycles. The van der Waals surface area contributed by atoms with Crippen LogP contribution in [0.5, 0.6) is 0 Å². The lowest BCUT2D eigenvalue weighted by Crippen LogP contribution is -2.42. The van der Waals surface area contributed by atoms with Gasteiger partial charge in [-0.05, 0) is 44.3 Å². The van der Waals surface area contributed by atoms with E-state index < -0.39 is 4.92 Å². The fourth-order valence-electron chi connectivity index (χ4n) is 2.55. The first kappa shape index (κ1) is 18.4. The smallest absolute Gasteiger partial charge is 0.273 e. The number of nitrogens with one attached hydrogen (secondary N) is 2. The summed E-state index contributed by atoms with van der Waals surface area (Å²) in [7, 11) is 0. The first-order valence-corrected chi connectivity index (χ1v) is 7.15. The highest BCUT2D eigenvalue weighted by atomic mass is 35.5. The van der Waals surface area contributed by atoms with Crippen LogP contribution in [0.25, 0.3) is 0 Å². The number of nitrogens with zero attached hydrogens (tertiary/aromatic N) is 1. The summed E-state index contributed by atoms with van der Waals surface area (Å²) in [5.74, 6) is -0.252. The van der Waals surface area contributed by atoms with Crippen molar-refractivity contribution in [3.63, 3.8) is 0 Å². The SMILES string of the molecule is Cc1ccc(C(=O)NCC2(C)CCNCC2)cc1[N+](=O)[O-].Cl. The van der Waals surface area contributed by atoms with Crippen molar-refractivity contribution in [2.24, 2.45) is 5.41 Å². The molecule has 0 bridgehead atoms. The van der Waals surface area contributed by atoms with Crippen LogP contribution < -0.4 is 10.6 Å². The van der Waals surface area contributed by atoms with Crippen molar-refractivity contribution in [1.29, 1.82) is 0 Å². The molecule has 1 aliphatic rings. The molecule has 1 heterocycles. The molecule has 22 heavy (non-hydrogen) atoms. The summed E-state index contributed by atoms with van der Waals surface area (Å²) in [6.45, 7) is 6.33. The van der Waals surface area contributed by atoms with Crippen LogP contribution in [-0.4, -0.2) is 30.5 Å². The summed E-state index contributed by atoms with van der Waals surface area (Å²) in [6.07, 6.45) is 2.03. The van der Waals surface area contributed by atoms with E-state index in [0.717, 1.165) is 25.9 Å². The number of nitro benzene ring substituents is 1. The zero-order chi connectivity index (χ0) is 15.5. The maximum absolute atomic E-state index is 12.2. The molecule has 122 valence electrons. The van der Waals surface area contributed by atoms with Gasteiger partial charge in [-0.25, -0.2) is 0 Å². The van der Waals surface area contributed by atoms with Gasteiger partial charge in [0.05, 0.1) is 4.92 Å². The van der Waals surface area contributed by atoms with Gasteiger partial charge in [0.1, 0.15) is 0 Å². The minimum atomic E-state index is -0.458. The molecule has 0 unspecified atom stereocenters. The molecule has 7 heteroatoms. The highest BCUT2D eigenvalue weighted by Crippen LogP contribution is 2.27. The van der Waals surface area contributed by atoms with Crippen molar-refractivity contribution in [3.05, 3.63) is 39.4 Å². The number of rotatable bonds is 4. The molecule has 1 aromatic rings. The average Bonchev–Trinajstić information content (AvgIpc) is 2.46. The number of carbonyl (C=O) groups is 1. The summed E-state index contributed by atoms with van der Waals surface area (Å²) in [4.78, 5) is 22.6. The maximum atomic E-state index is 12.2. The topological polar surface area (TPSA) is 84.3 Å². The average molecular weight is 328 g/mol. The number of nitro groups is 1. The molecule has 0 radical (unpaired) electrons. The van der Waals surface area contributed by atoms with Crippen LogP contribution in [0.3, 0.4) is 0 Å². The Bertz CT molecular complexity index is 557. The number of aryl methyl sites for hydroxylation is 1. The van der Waals surface area contributed by atoms with Gasteiger partial charge in [0.2, 0.25) is 0 Å². The number of amides is 1. The van der Waals surface area contributed by atoms with Gasteiger partial charge in [0.15, 0.2) is 0 Å². The third kappa shape index (κ3) is 4.42. The summed E-state index contributed by atoms with van der Waals surface area (Å²) >= 11 is 0. The van der Waals surface area contributed by atoms with Crippen molar-refractivity contribution in [1.82, 2.24) is 10.6 Å². The second kappa shape index (κ2) is 7.56. The van der Waals surface area contributed by atoms with Crippen LogP contribution in [0.15, 0.2) is 18.2 Å². The fourth-order valence-corrected chi connectivity index (χ4v) is 2.55. The molecule has 0 spiro atoms. The summed E-state index contributed by atoms with van der Waals surface area (Å²) in [5, 5.41) is 17.1. The van der Waals surface area contributed by atoms with Gasteiger partial charge in [-0.2, -0.15) is 0 Å². The largest absolute Gasteiger partial charge is 0.351 e. The van der Waals surface area contributed by atoms with Crippen LogP contribution in [0.4, 0.5) is 5.69 Å². The molecule has 1 amide bonds. The van der Waals surface area contributed by atoms with Crippen molar-refractivity contribution >= 4 is 24.0 Å². The van der Waals surface area contributed by atoms with Crippen molar-refractivity contribution in [2.75, 3.05) is 19.6 Å². The molecule has 2 N–H and O–H groups in total. The summed E-state index contributed by atoms with van der Waals surface area (Å²) < 4.78 is 0. The fraction of sp³-hybridized carbons (Fsp3) is 0.533. The lowest BCUT2D eigenvalue weighted by Gasteiger charge is -2.34. The second-order valence-electron chi connectivity index (χ2n) is 6.00. The standard InChI is InChI=1S/C15H21N3O3.ClH/c1-11-3-4-12(9-13(11)18(20)21)14(19)17-10-15(2)5-7-16-8-6-15;/h3-4,9,16H,5-8,10H2,1-2H3,(H,17,19);1H. The molecule has 6 nitrogen and oxygen atoms in total. The minimum Gasteiger partial charge on any atom is -0.351 e. The highest BCUT2D eigenvalue weighted by Gasteiger charge is 2.27. The van der Waals surface area contributed by atoms with E-state index in [1.54, 1.807) is 19.1 Å². The monoisotopic (exact) mass is 327 g/mol. The predicted octanol–water partition coefficient (Wildman–Crippen LogP) is 2.44. The van der Waals surface area contributed by atoms with Gasteiger partial charge < -0.3 is 10.6 Å². The Balaban J connectivity index is 0.00000242. The zero-order valence-corrected chi connectivity index (χ0v) is 13.7. The predicted molar refractivity (Wildman–Crippen MR) is 87.6 cm³/mol. The molecule has 0 atom stereocenters. The lowest BCUT2D eigenvalue weighted by molar-refractivity contribution is -0.385. The van der Waals surface area contributed by atoms with Gasteiger partial charge in [0.25, 0.3) is 11.6 Å². The van der Waals surface area contributed by atoms with Gasteiger partial charge in [-0.3, -0.25) is 14.9 Å². The van der Waals surface area contributed by atoms with Crippen LogP contribution in [0.2, 0.25) is 0 Å². The van der Waals surface area contributed by atoms with Crippen LogP contribution in [0, 0.1) is 22.5 Å². The Hall–Kier alpha value is -1.66. The molecular formula is C15H22ClN3O3. The van der Waals surface area contributed by atoms with Crippen LogP contribution in [-0.2, 0) is 0 Å². The Morgan fingerprint density at radius 2 is 2.05 bits per heavy atom. The summed E-state index contributed by atoms with van der Waals surface area (Å²) in [6, 6.07) is 4.58. The first-order chi connectivity index (χ1) is 9.91. The molecule has 1 saturated heterocycles. The number of benzene rings is 1. The van der Waals surface area contributed by atoms with E-state index in [2.05, 4.69) is 17.6 Å². The molecular weight excluding hydrogens is 306 g/mol. The van der Waals surface area contributed by atoms with Gasteiger partial charge >= 0.3 is 0 Å². The third-order valence-corrected chi connectivity index (χ3v) is 4.15. The molecule has 0 aliphatic carbocycles. The molecule has 1 aliphatic heterocycles. The minimum absolute atomic E-state index is 0. The number of hydrogen-bond acceptors (Lipinski definition) is 4. The zero-order valence-electron chi connectivity index (χ0n) is 12.8.